The molecule has 4 rings (SSSR count). The van der Waals surface area contributed by atoms with Gasteiger partial charge in [0.05, 0.1) is 19.0 Å². The van der Waals surface area contributed by atoms with Gasteiger partial charge in [-0.15, -0.1) is 0 Å². The second kappa shape index (κ2) is 6.08. The number of ether oxygens (including phenoxy) is 1. The Balaban J connectivity index is 1.53. The van der Waals surface area contributed by atoms with Gasteiger partial charge in [0.2, 0.25) is 0 Å². The van der Waals surface area contributed by atoms with Crippen molar-refractivity contribution in [1.29, 1.82) is 0 Å². The zero-order valence-electron chi connectivity index (χ0n) is 13.3. The average molecular weight is 334 g/mol. The van der Waals surface area contributed by atoms with E-state index < -0.39 is 0 Å². The number of amides is 1. The lowest BCUT2D eigenvalue weighted by Crippen LogP contribution is -2.12. The normalized spacial score (nSPS) is 10.8. The number of nitrogens with one attached hydrogen (secondary N) is 2. The Morgan fingerprint density at radius 1 is 1.24 bits per heavy atom. The van der Waals surface area contributed by atoms with Crippen LogP contribution < -0.4 is 10.1 Å². The molecule has 124 valence electrons. The first kappa shape index (κ1) is 14.9. The number of pyridine rings is 1. The lowest BCUT2D eigenvalue weighted by atomic mass is 10.2. The molecule has 0 aliphatic heterocycles. The molecule has 1 amide bonds. The Hall–Kier alpha value is -3.68. The molecule has 1 aromatic carbocycles. The van der Waals surface area contributed by atoms with Crippen molar-refractivity contribution < 1.29 is 9.53 Å². The van der Waals surface area contributed by atoms with E-state index in [1.165, 1.54) is 11.0 Å². The molecule has 0 spiro atoms. The molecule has 0 aliphatic rings. The van der Waals surface area contributed by atoms with Gasteiger partial charge in [-0.1, -0.05) is 0 Å². The van der Waals surface area contributed by atoms with E-state index >= 15 is 0 Å². The maximum atomic E-state index is 12.4. The summed E-state index contributed by atoms with van der Waals surface area (Å²) in [5.41, 5.74) is 1.92. The Morgan fingerprint density at radius 2 is 2.16 bits per heavy atom. The Kier molecular flexibility index (Phi) is 3.62. The largest absolute Gasteiger partial charge is 0.497 e. The molecular formula is C17H14N6O2. The highest BCUT2D eigenvalue weighted by atomic mass is 16.5. The standard InChI is InChI=1S/C17H14N6O2/c1-25-13-3-4-14-11(6-13)7-15(22-14)17(24)21-12-2-5-16(19-8-12)23-10-18-9-20-23/h2-10,22H,1H3,(H,21,24). The van der Waals surface area contributed by atoms with Crippen LogP contribution in [-0.4, -0.2) is 37.7 Å². The number of nitrogens with zero attached hydrogens (tertiary/aromatic N) is 4. The van der Waals surface area contributed by atoms with Gasteiger partial charge in [-0.3, -0.25) is 4.79 Å². The smallest absolute Gasteiger partial charge is 0.272 e. The molecule has 8 nitrogen and oxygen atoms in total. The van der Waals surface area contributed by atoms with Crippen molar-refractivity contribution in [3.05, 3.63) is 60.9 Å². The van der Waals surface area contributed by atoms with E-state index in [1.807, 2.05) is 18.2 Å². The third kappa shape index (κ3) is 2.92. The summed E-state index contributed by atoms with van der Waals surface area (Å²) in [6.45, 7) is 0. The van der Waals surface area contributed by atoms with Crippen molar-refractivity contribution in [2.24, 2.45) is 0 Å². The molecule has 0 saturated heterocycles. The van der Waals surface area contributed by atoms with Gasteiger partial charge in [-0.25, -0.2) is 14.6 Å². The summed E-state index contributed by atoms with van der Waals surface area (Å²) in [6.07, 6.45) is 4.56. The molecule has 8 heteroatoms. The van der Waals surface area contributed by atoms with Crippen molar-refractivity contribution in [1.82, 2.24) is 24.7 Å². The molecule has 0 bridgehead atoms. The number of H-pyrrole nitrogens is 1. The fraction of sp³-hybridized carbons (Fsp3) is 0.0588. The number of benzene rings is 1. The van der Waals surface area contributed by atoms with E-state index in [9.17, 15) is 4.79 Å². The fourth-order valence-electron chi connectivity index (χ4n) is 2.48. The number of carbonyl (C=O) groups is 1. The van der Waals surface area contributed by atoms with Crippen LogP contribution >= 0.6 is 0 Å². The van der Waals surface area contributed by atoms with Gasteiger partial charge in [-0.2, -0.15) is 5.10 Å². The number of aromatic amines is 1. The van der Waals surface area contributed by atoms with Crippen LogP contribution in [0.4, 0.5) is 5.69 Å². The van der Waals surface area contributed by atoms with E-state index in [2.05, 4.69) is 25.4 Å². The summed E-state index contributed by atoms with van der Waals surface area (Å²) in [5, 5.41) is 7.72. The van der Waals surface area contributed by atoms with E-state index in [0.29, 0.717) is 17.2 Å². The average Bonchev–Trinajstić information content (AvgIpc) is 3.31. The number of carbonyl (C=O) groups excluding carboxylic acids is 1. The van der Waals surface area contributed by atoms with Gasteiger partial charge in [-0.05, 0) is 36.4 Å². The number of aromatic nitrogens is 5. The molecule has 0 aliphatic carbocycles. The van der Waals surface area contributed by atoms with E-state index in [1.54, 1.807) is 37.8 Å². The van der Waals surface area contributed by atoms with Crippen LogP contribution in [-0.2, 0) is 0 Å². The summed E-state index contributed by atoms with van der Waals surface area (Å²) in [4.78, 5) is 23.6. The fourth-order valence-corrected chi connectivity index (χ4v) is 2.48. The topological polar surface area (TPSA) is 97.7 Å². The van der Waals surface area contributed by atoms with Gasteiger partial charge in [0.1, 0.15) is 24.1 Å². The molecule has 3 heterocycles. The van der Waals surface area contributed by atoms with E-state index in [4.69, 9.17) is 4.74 Å². The lowest BCUT2D eigenvalue weighted by molar-refractivity contribution is 0.102. The molecule has 25 heavy (non-hydrogen) atoms. The minimum absolute atomic E-state index is 0.245. The van der Waals surface area contributed by atoms with Crippen molar-refractivity contribution in [2.75, 3.05) is 12.4 Å². The van der Waals surface area contributed by atoms with Gasteiger partial charge in [0.15, 0.2) is 5.82 Å². The van der Waals surface area contributed by atoms with E-state index in [-0.39, 0.29) is 5.91 Å². The first-order valence-corrected chi connectivity index (χ1v) is 7.52. The molecule has 0 fully saturated rings. The Bertz CT molecular complexity index is 1020. The Labute approximate surface area is 142 Å². The second-order valence-electron chi connectivity index (χ2n) is 5.34. The molecule has 4 aromatic rings. The predicted molar refractivity (Wildman–Crippen MR) is 92.0 cm³/mol. The van der Waals surface area contributed by atoms with Crippen LogP contribution in [0.1, 0.15) is 10.5 Å². The number of hydrogen-bond acceptors (Lipinski definition) is 5. The monoisotopic (exact) mass is 334 g/mol. The van der Waals surface area contributed by atoms with Crippen molar-refractivity contribution in [2.45, 2.75) is 0 Å². The number of methoxy groups -OCH3 is 1. The zero-order chi connectivity index (χ0) is 17.2. The van der Waals surface area contributed by atoms with Gasteiger partial charge in [0.25, 0.3) is 5.91 Å². The maximum Gasteiger partial charge on any atom is 0.272 e. The SMILES string of the molecule is COc1ccc2[nH]c(C(=O)Nc3ccc(-n4cncn4)nc3)cc2c1. The molecule has 0 saturated carbocycles. The summed E-state index contributed by atoms with van der Waals surface area (Å²) >= 11 is 0. The van der Waals surface area contributed by atoms with Gasteiger partial charge < -0.3 is 15.0 Å². The third-order valence-electron chi connectivity index (χ3n) is 3.73. The lowest BCUT2D eigenvalue weighted by Gasteiger charge is -2.04. The molecule has 3 aromatic heterocycles. The predicted octanol–water partition coefficient (Wildman–Crippen LogP) is 2.40. The van der Waals surface area contributed by atoms with Crippen LogP contribution in [0.5, 0.6) is 5.75 Å². The van der Waals surface area contributed by atoms with Crippen LogP contribution in [0.25, 0.3) is 16.7 Å². The van der Waals surface area contributed by atoms with Crippen LogP contribution in [0.15, 0.2) is 55.2 Å². The second-order valence-corrected chi connectivity index (χ2v) is 5.34. The van der Waals surface area contributed by atoms with Crippen LogP contribution in [0.3, 0.4) is 0 Å². The van der Waals surface area contributed by atoms with Crippen LogP contribution in [0, 0.1) is 0 Å². The summed E-state index contributed by atoms with van der Waals surface area (Å²) in [5.74, 6) is 1.12. The molecule has 0 unspecified atom stereocenters. The number of fused-ring (bicyclic) bond motifs is 1. The quantitative estimate of drug-likeness (QED) is 0.597. The highest BCUT2D eigenvalue weighted by Gasteiger charge is 2.11. The highest BCUT2D eigenvalue weighted by molar-refractivity contribution is 6.06. The van der Waals surface area contributed by atoms with Gasteiger partial charge >= 0.3 is 0 Å². The van der Waals surface area contributed by atoms with Crippen molar-refractivity contribution >= 4 is 22.5 Å². The van der Waals surface area contributed by atoms with Crippen molar-refractivity contribution in [3.8, 4) is 11.6 Å². The molecular weight excluding hydrogens is 320 g/mol. The zero-order valence-corrected chi connectivity index (χ0v) is 13.3. The molecule has 0 radical (unpaired) electrons. The maximum absolute atomic E-state index is 12.4. The number of anilines is 1. The molecule has 2 N–H and O–H groups in total. The first-order chi connectivity index (χ1) is 12.2. The highest BCUT2D eigenvalue weighted by Crippen LogP contribution is 2.22. The summed E-state index contributed by atoms with van der Waals surface area (Å²) in [6, 6.07) is 10.9. The minimum Gasteiger partial charge on any atom is -0.497 e. The minimum atomic E-state index is -0.245. The summed E-state index contributed by atoms with van der Waals surface area (Å²) < 4.78 is 6.73. The summed E-state index contributed by atoms with van der Waals surface area (Å²) in [7, 11) is 1.61. The molecule has 0 atom stereocenters. The van der Waals surface area contributed by atoms with Crippen molar-refractivity contribution in [3.63, 3.8) is 0 Å². The Morgan fingerprint density at radius 3 is 2.88 bits per heavy atom. The number of rotatable bonds is 4. The number of hydrogen-bond donors (Lipinski definition) is 2. The van der Waals surface area contributed by atoms with E-state index in [0.717, 1.165) is 16.7 Å². The van der Waals surface area contributed by atoms with Crippen LogP contribution in [0.2, 0.25) is 0 Å². The van der Waals surface area contributed by atoms with Gasteiger partial charge in [0, 0.05) is 10.9 Å². The third-order valence-corrected chi connectivity index (χ3v) is 3.73. The first-order valence-electron chi connectivity index (χ1n) is 7.52.